The Morgan fingerprint density at radius 2 is 2.00 bits per heavy atom. The van der Waals surface area contributed by atoms with Crippen molar-refractivity contribution in [3.8, 4) is 5.75 Å². The van der Waals surface area contributed by atoms with Crippen LogP contribution in [0, 0.1) is 5.92 Å². The van der Waals surface area contributed by atoms with E-state index in [0.717, 1.165) is 23.1 Å². The Labute approximate surface area is 136 Å². The molecule has 0 aliphatic heterocycles. The molecule has 0 N–H and O–H groups in total. The van der Waals surface area contributed by atoms with Crippen LogP contribution in [0.2, 0.25) is 0 Å². The van der Waals surface area contributed by atoms with Crippen LogP contribution >= 0.6 is 31.9 Å². The Hall–Kier alpha value is -0.800. The van der Waals surface area contributed by atoms with Gasteiger partial charge in [-0.25, -0.2) is 0 Å². The van der Waals surface area contributed by atoms with Crippen LogP contribution in [0.3, 0.4) is 0 Å². The number of methoxy groups -OCH3 is 1. The molecule has 2 aromatic carbocycles. The molecule has 0 bridgehead atoms. The smallest absolute Gasteiger partial charge is 0.133 e. The maximum Gasteiger partial charge on any atom is 0.133 e. The maximum absolute atomic E-state index is 5.29. The normalized spacial score (nSPS) is 20.8. The molecule has 20 heavy (non-hydrogen) atoms. The predicted octanol–water partition coefficient (Wildman–Crippen LogP) is 5.31. The van der Waals surface area contributed by atoms with Crippen molar-refractivity contribution in [2.75, 3.05) is 7.11 Å². The minimum Gasteiger partial charge on any atom is -0.496 e. The second-order valence-corrected chi connectivity index (χ2v) is 7.08. The van der Waals surface area contributed by atoms with Crippen molar-refractivity contribution in [2.24, 2.45) is 5.92 Å². The molecule has 2 atom stereocenters. The zero-order valence-electron chi connectivity index (χ0n) is 11.3. The van der Waals surface area contributed by atoms with Gasteiger partial charge in [-0.15, -0.1) is 0 Å². The zero-order chi connectivity index (χ0) is 14.1. The molecule has 1 nitrogen and oxygen atoms in total. The van der Waals surface area contributed by atoms with Crippen molar-refractivity contribution in [3.05, 3.63) is 63.6 Å². The van der Waals surface area contributed by atoms with Crippen molar-refractivity contribution in [3.63, 3.8) is 0 Å². The Kier molecular flexibility index (Phi) is 4.18. The standard InChI is InChI=1S/C17H16Br2O/c1-20-16-7-6-11(9-15(16)18)8-13-10-12-4-2-3-5-14(12)17(13)19/h2-7,9,13,17H,8,10H2,1H3. The quantitative estimate of drug-likeness (QED) is 0.640. The molecule has 0 heterocycles. The summed E-state index contributed by atoms with van der Waals surface area (Å²) in [5, 5.41) is 0. The van der Waals surface area contributed by atoms with E-state index < -0.39 is 0 Å². The van der Waals surface area contributed by atoms with E-state index in [1.54, 1.807) is 7.11 Å². The van der Waals surface area contributed by atoms with E-state index in [2.05, 4.69) is 68.3 Å². The van der Waals surface area contributed by atoms with Gasteiger partial charge in [0, 0.05) is 4.83 Å². The number of rotatable bonds is 3. The average molecular weight is 396 g/mol. The summed E-state index contributed by atoms with van der Waals surface area (Å²) in [6, 6.07) is 15.1. The van der Waals surface area contributed by atoms with E-state index >= 15 is 0 Å². The molecule has 0 aromatic heterocycles. The number of alkyl halides is 1. The lowest BCUT2D eigenvalue weighted by Gasteiger charge is -2.15. The number of halogens is 2. The fourth-order valence-corrected chi connectivity index (χ4v) is 4.35. The van der Waals surface area contributed by atoms with Crippen molar-refractivity contribution in [1.82, 2.24) is 0 Å². The van der Waals surface area contributed by atoms with E-state index in [9.17, 15) is 0 Å². The van der Waals surface area contributed by atoms with E-state index in [1.807, 2.05) is 6.07 Å². The van der Waals surface area contributed by atoms with Gasteiger partial charge < -0.3 is 4.74 Å². The molecule has 1 aliphatic carbocycles. The molecule has 104 valence electrons. The first-order chi connectivity index (χ1) is 9.69. The van der Waals surface area contributed by atoms with Gasteiger partial charge in [0.25, 0.3) is 0 Å². The van der Waals surface area contributed by atoms with Gasteiger partial charge in [0.2, 0.25) is 0 Å². The largest absolute Gasteiger partial charge is 0.496 e. The minimum atomic E-state index is 0.458. The molecule has 2 aromatic rings. The van der Waals surface area contributed by atoms with Crippen LogP contribution in [0.15, 0.2) is 46.9 Å². The van der Waals surface area contributed by atoms with Crippen molar-refractivity contribution in [2.45, 2.75) is 17.7 Å². The fraction of sp³-hybridized carbons (Fsp3) is 0.294. The van der Waals surface area contributed by atoms with Crippen LogP contribution in [-0.4, -0.2) is 7.11 Å². The molecule has 0 saturated heterocycles. The molecule has 3 rings (SSSR count). The molecular formula is C17H16Br2O. The summed E-state index contributed by atoms with van der Waals surface area (Å²) in [6.07, 6.45) is 2.23. The molecule has 0 saturated carbocycles. The van der Waals surface area contributed by atoms with Gasteiger partial charge in [0.05, 0.1) is 11.6 Å². The van der Waals surface area contributed by atoms with Gasteiger partial charge >= 0.3 is 0 Å². The summed E-state index contributed by atoms with van der Waals surface area (Å²) in [6.45, 7) is 0. The molecular weight excluding hydrogens is 380 g/mol. The first-order valence-electron chi connectivity index (χ1n) is 6.73. The van der Waals surface area contributed by atoms with Crippen molar-refractivity contribution in [1.29, 1.82) is 0 Å². The highest BCUT2D eigenvalue weighted by Crippen LogP contribution is 2.43. The average Bonchev–Trinajstić information content (AvgIpc) is 2.76. The fourth-order valence-electron chi connectivity index (χ4n) is 2.94. The number of hydrogen-bond acceptors (Lipinski definition) is 1. The Morgan fingerprint density at radius 3 is 2.70 bits per heavy atom. The number of ether oxygens (including phenoxy) is 1. The van der Waals surface area contributed by atoms with Crippen LogP contribution in [0.4, 0.5) is 0 Å². The first kappa shape index (κ1) is 14.2. The lowest BCUT2D eigenvalue weighted by Crippen LogP contribution is -2.06. The summed E-state index contributed by atoms with van der Waals surface area (Å²) in [5.74, 6) is 1.51. The van der Waals surface area contributed by atoms with Crippen molar-refractivity contribution >= 4 is 31.9 Å². The van der Waals surface area contributed by atoms with E-state index in [1.165, 1.54) is 16.7 Å². The number of fused-ring (bicyclic) bond motifs is 1. The van der Waals surface area contributed by atoms with E-state index in [0.29, 0.717) is 10.7 Å². The molecule has 0 radical (unpaired) electrons. The lowest BCUT2D eigenvalue weighted by atomic mass is 9.96. The van der Waals surface area contributed by atoms with Crippen LogP contribution < -0.4 is 4.74 Å². The highest BCUT2D eigenvalue weighted by Gasteiger charge is 2.30. The van der Waals surface area contributed by atoms with Crippen LogP contribution in [0.5, 0.6) is 5.75 Å². The second kappa shape index (κ2) is 5.90. The summed E-state index contributed by atoms with van der Waals surface area (Å²) in [5.41, 5.74) is 4.27. The minimum absolute atomic E-state index is 0.458. The molecule has 1 aliphatic rings. The van der Waals surface area contributed by atoms with Gasteiger partial charge in [-0.05, 0) is 63.5 Å². The van der Waals surface area contributed by atoms with Gasteiger partial charge in [-0.1, -0.05) is 46.3 Å². The van der Waals surface area contributed by atoms with Gasteiger partial charge in [-0.3, -0.25) is 0 Å². The van der Waals surface area contributed by atoms with Gasteiger partial charge in [0.15, 0.2) is 0 Å². The van der Waals surface area contributed by atoms with Crippen molar-refractivity contribution < 1.29 is 4.74 Å². The topological polar surface area (TPSA) is 9.23 Å². The lowest BCUT2D eigenvalue weighted by molar-refractivity contribution is 0.411. The summed E-state index contributed by atoms with van der Waals surface area (Å²) in [4.78, 5) is 0.458. The highest BCUT2D eigenvalue weighted by atomic mass is 79.9. The van der Waals surface area contributed by atoms with Crippen LogP contribution in [0.25, 0.3) is 0 Å². The van der Waals surface area contributed by atoms with Crippen LogP contribution in [-0.2, 0) is 12.8 Å². The molecule has 2 unspecified atom stereocenters. The Morgan fingerprint density at radius 1 is 1.20 bits per heavy atom. The summed E-state index contributed by atoms with van der Waals surface area (Å²) in [7, 11) is 1.70. The van der Waals surface area contributed by atoms with Gasteiger partial charge in [-0.2, -0.15) is 0 Å². The van der Waals surface area contributed by atoms with Gasteiger partial charge in [0.1, 0.15) is 5.75 Å². The predicted molar refractivity (Wildman–Crippen MR) is 89.7 cm³/mol. The van der Waals surface area contributed by atoms with E-state index in [-0.39, 0.29) is 0 Å². The third-order valence-electron chi connectivity index (χ3n) is 3.96. The number of hydrogen-bond donors (Lipinski definition) is 0. The maximum atomic E-state index is 5.29. The zero-order valence-corrected chi connectivity index (χ0v) is 14.4. The SMILES string of the molecule is COc1ccc(CC2Cc3ccccc3C2Br)cc1Br. The molecule has 0 spiro atoms. The third kappa shape index (κ3) is 2.66. The Bertz CT molecular complexity index is 624. The number of benzene rings is 2. The summed E-state index contributed by atoms with van der Waals surface area (Å²) >= 11 is 7.43. The third-order valence-corrected chi connectivity index (χ3v) is 5.82. The van der Waals surface area contributed by atoms with E-state index in [4.69, 9.17) is 4.74 Å². The first-order valence-corrected chi connectivity index (χ1v) is 8.44. The van der Waals surface area contributed by atoms with Crippen LogP contribution in [0.1, 0.15) is 21.5 Å². The summed E-state index contributed by atoms with van der Waals surface area (Å²) < 4.78 is 6.31. The molecule has 3 heteroatoms. The highest BCUT2D eigenvalue weighted by molar-refractivity contribution is 9.10. The molecule has 0 amide bonds. The monoisotopic (exact) mass is 394 g/mol. The second-order valence-electron chi connectivity index (χ2n) is 5.24. The molecule has 0 fully saturated rings. The Balaban J connectivity index is 1.78.